The lowest BCUT2D eigenvalue weighted by atomic mass is 10.1. The summed E-state index contributed by atoms with van der Waals surface area (Å²) in [7, 11) is -4.40. The Labute approximate surface area is 218 Å². The topological polar surface area (TPSA) is 169 Å². The highest BCUT2D eigenvalue weighted by molar-refractivity contribution is 7.83. The lowest BCUT2D eigenvalue weighted by Crippen LogP contribution is -2.27. The van der Waals surface area contributed by atoms with Crippen LogP contribution in [-0.2, 0) is 21.6 Å². The Balaban J connectivity index is 1.34. The fourth-order valence-electron chi connectivity index (χ4n) is 4.85. The molecule has 0 saturated heterocycles. The number of rotatable bonds is 8. The van der Waals surface area contributed by atoms with E-state index in [-0.39, 0.29) is 23.5 Å². The van der Waals surface area contributed by atoms with Crippen LogP contribution in [0.5, 0.6) is 0 Å². The number of aryl methyl sites for hydroxylation is 2. The van der Waals surface area contributed by atoms with Crippen molar-refractivity contribution in [1.82, 2.24) is 24.2 Å². The fraction of sp³-hybridized carbons (Fsp3) is 0.435. The number of hydrogen-bond acceptors (Lipinski definition) is 10. The summed E-state index contributed by atoms with van der Waals surface area (Å²) < 4.78 is 40.8. The predicted molar refractivity (Wildman–Crippen MR) is 134 cm³/mol. The van der Waals surface area contributed by atoms with Crippen molar-refractivity contribution in [2.24, 2.45) is 5.92 Å². The van der Waals surface area contributed by atoms with Crippen LogP contribution < -0.4 is 10.0 Å². The highest BCUT2D eigenvalue weighted by Crippen LogP contribution is 2.36. The van der Waals surface area contributed by atoms with Crippen LogP contribution >= 0.6 is 11.3 Å². The molecule has 0 unspecified atom stereocenters. The Morgan fingerprint density at radius 3 is 2.92 bits per heavy atom. The van der Waals surface area contributed by atoms with Gasteiger partial charge in [-0.15, -0.1) is 11.3 Å². The first-order chi connectivity index (χ1) is 17.6. The minimum Gasteiger partial charge on any atom is -0.393 e. The molecule has 0 spiro atoms. The molecule has 2 aliphatic rings. The molecule has 4 heterocycles. The Morgan fingerprint density at radius 1 is 1.32 bits per heavy atom. The van der Waals surface area contributed by atoms with Gasteiger partial charge in [-0.25, -0.2) is 15.0 Å². The van der Waals surface area contributed by atoms with Crippen molar-refractivity contribution >= 4 is 33.2 Å². The van der Waals surface area contributed by atoms with Gasteiger partial charge in [-0.05, 0) is 32.8 Å². The number of hydrogen-bond donors (Lipinski definition) is 4. The molecule has 1 radical (unpaired) electrons. The number of aliphatic hydroxyl groups is 1. The van der Waals surface area contributed by atoms with Gasteiger partial charge in [0.25, 0.3) is 0 Å². The van der Waals surface area contributed by atoms with E-state index in [1.165, 1.54) is 23.9 Å². The van der Waals surface area contributed by atoms with E-state index in [0.717, 1.165) is 35.0 Å². The Morgan fingerprint density at radius 2 is 2.14 bits per heavy atom. The third-order valence-corrected chi connectivity index (χ3v) is 8.05. The molecular formula is C23H27N6O6S2. The second kappa shape index (κ2) is 10.2. The number of ether oxygens (including phenoxy) is 1. The van der Waals surface area contributed by atoms with Crippen molar-refractivity contribution < 1.29 is 27.6 Å². The first-order valence-corrected chi connectivity index (χ1v) is 14.0. The molecule has 4 N–H and O–H groups in total. The second-order valence-electron chi connectivity index (χ2n) is 9.22. The van der Waals surface area contributed by atoms with Gasteiger partial charge in [0.2, 0.25) is 5.78 Å². The molecule has 14 heteroatoms. The third kappa shape index (κ3) is 5.58. The van der Waals surface area contributed by atoms with E-state index in [0.29, 0.717) is 30.1 Å². The molecule has 3 aromatic rings. The summed E-state index contributed by atoms with van der Waals surface area (Å²) in [5.41, 5.74) is 2.10. The minimum absolute atomic E-state index is 0.243. The number of anilines is 1. The Hall–Kier alpha value is -2.75. The lowest BCUT2D eigenvalue weighted by Gasteiger charge is -2.24. The average molecular weight is 548 g/mol. The summed E-state index contributed by atoms with van der Waals surface area (Å²) in [6, 6.07) is 1.56. The SMILES string of the molecule is Cc1cn2c(n1)[C@@H](c1cc(C(=O)c3cncnc3N[C@H]3C[C@H](O)[C@@H]([CH]NS(=O)(=O)O)C3)sc1C)OCC2. The van der Waals surface area contributed by atoms with Gasteiger partial charge in [0.05, 0.1) is 28.8 Å². The van der Waals surface area contributed by atoms with Crippen molar-refractivity contribution in [1.29, 1.82) is 0 Å². The summed E-state index contributed by atoms with van der Waals surface area (Å²) in [6.07, 6.45) is 4.27. The number of nitrogens with one attached hydrogen (secondary N) is 2. The number of imidazole rings is 1. The summed E-state index contributed by atoms with van der Waals surface area (Å²) >= 11 is 1.37. The molecule has 197 valence electrons. The van der Waals surface area contributed by atoms with Crippen molar-refractivity contribution in [3.8, 4) is 0 Å². The molecule has 1 fully saturated rings. The number of carbonyl (C=O) groups excluding carboxylic acids is 1. The van der Waals surface area contributed by atoms with E-state index >= 15 is 0 Å². The molecule has 1 aliphatic carbocycles. The number of ketones is 1. The summed E-state index contributed by atoms with van der Waals surface area (Å²) in [6.45, 7) is 6.34. The molecule has 5 rings (SSSR count). The standard InChI is InChI=1S/C23H27N6O6S2/c1-12-10-29-3-4-35-21(23(29)27-12)16-7-19(36-13(16)2)20(31)17-9-24-11-25-22(17)28-15-5-14(18(30)6-15)8-26-37(32,33)34/h7-11,14-15,18,21,26,30H,3-6H2,1-2H3,(H,24,25,28)(H,32,33,34)/t14-,15-,18+,21-/m1/s1. The van der Waals surface area contributed by atoms with Crippen LogP contribution in [0.1, 0.15) is 56.1 Å². The Kier molecular flexibility index (Phi) is 7.13. The first-order valence-electron chi connectivity index (χ1n) is 11.7. The van der Waals surface area contributed by atoms with Crippen LogP contribution in [0.4, 0.5) is 5.82 Å². The maximum Gasteiger partial charge on any atom is 0.333 e. The zero-order valence-electron chi connectivity index (χ0n) is 20.2. The minimum atomic E-state index is -4.40. The summed E-state index contributed by atoms with van der Waals surface area (Å²) in [4.78, 5) is 27.9. The normalized spacial score (nSPS) is 23.7. The third-order valence-electron chi connectivity index (χ3n) is 6.55. The fourth-order valence-corrected chi connectivity index (χ4v) is 6.20. The molecule has 3 aromatic heterocycles. The van der Waals surface area contributed by atoms with Crippen LogP contribution in [0.15, 0.2) is 24.8 Å². The van der Waals surface area contributed by atoms with Gasteiger partial charge in [0, 0.05) is 47.9 Å². The second-order valence-corrected chi connectivity index (χ2v) is 11.7. The lowest BCUT2D eigenvalue weighted by molar-refractivity contribution is 0.0429. The molecule has 12 nitrogen and oxygen atoms in total. The Bertz CT molecular complexity index is 1420. The molecule has 1 aliphatic heterocycles. The van der Waals surface area contributed by atoms with E-state index in [9.17, 15) is 18.3 Å². The van der Waals surface area contributed by atoms with Crippen molar-refractivity contribution in [3.05, 3.63) is 63.7 Å². The zero-order chi connectivity index (χ0) is 26.3. The average Bonchev–Trinajstić information content (AvgIpc) is 3.52. The van der Waals surface area contributed by atoms with Gasteiger partial charge in [0.1, 0.15) is 24.1 Å². The smallest absolute Gasteiger partial charge is 0.333 e. The number of fused-ring (bicyclic) bond motifs is 1. The highest BCUT2D eigenvalue weighted by Gasteiger charge is 2.35. The van der Waals surface area contributed by atoms with Gasteiger partial charge in [-0.1, -0.05) is 0 Å². The zero-order valence-corrected chi connectivity index (χ0v) is 21.8. The van der Waals surface area contributed by atoms with Gasteiger partial charge < -0.3 is 19.7 Å². The van der Waals surface area contributed by atoms with E-state index in [1.807, 2.05) is 30.8 Å². The van der Waals surface area contributed by atoms with Crippen molar-refractivity contribution in [2.75, 3.05) is 11.9 Å². The monoisotopic (exact) mass is 547 g/mol. The van der Waals surface area contributed by atoms with Crippen LogP contribution in [-0.4, -0.2) is 62.1 Å². The van der Waals surface area contributed by atoms with E-state index in [2.05, 4.69) is 24.8 Å². The number of nitrogens with zero attached hydrogens (tertiary/aromatic N) is 4. The molecule has 0 amide bonds. The molecule has 0 bridgehead atoms. The van der Waals surface area contributed by atoms with E-state index in [1.54, 1.807) is 0 Å². The summed E-state index contributed by atoms with van der Waals surface area (Å²) in [5.74, 6) is 0.388. The number of carbonyl (C=O) groups is 1. The maximum atomic E-state index is 13.5. The van der Waals surface area contributed by atoms with Crippen LogP contribution in [0, 0.1) is 26.3 Å². The molecular weight excluding hydrogens is 520 g/mol. The van der Waals surface area contributed by atoms with Gasteiger partial charge in [0.15, 0.2) is 0 Å². The molecule has 1 saturated carbocycles. The molecule has 37 heavy (non-hydrogen) atoms. The number of thiophene rings is 1. The van der Waals surface area contributed by atoms with Gasteiger partial charge in [-0.2, -0.15) is 13.1 Å². The van der Waals surface area contributed by atoms with Gasteiger partial charge in [-0.3, -0.25) is 9.35 Å². The number of aromatic nitrogens is 4. The quantitative estimate of drug-likeness (QED) is 0.241. The largest absolute Gasteiger partial charge is 0.393 e. The van der Waals surface area contributed by atoms with Crippen LogP contribution in [0.2, 0.25) is 0 Å². The molecule has 4 atom stereocenters. The van der Waals surface area contributed by atoms with E-state index < -0.39 is 22.3 Å². The summed E-state index contributed by atoms with van der Waals surface area (Å²) in [5, 5.41) is 13.5. The predicted octanol–water partition coefficient (Wildman–Crippen LogP) is 1.81. The van der Waals surface area contributed by atoms with Gasteiger partial charge >= 0.3 is 10.3 Å². The maximum absolute atomic E-state index is 13.5. The highest BCUT2D eigenvalue weighted by atomic mass is 32.2. The van der Waals surface area contributed by atoms with Crippen LogP contribution in [0.3, 0.4) is 0 Å². The first kappa shape index (κ1) is 25.9. The van der Waals surface area contributed by atoms with E-state index in [4.69, 9.17) is 9.29 Å². The number of aliphatic hydroxyl groups excluding tert-OH is 1. The molecule has 0 aromatic carbocycles. The van der Waals surface area contributed by atoms with Crippen LogP contribution in [0.25, 0.3) is 0 Å². The van der Waals surface area contributed by atoms with Crippen molar-refractivity contribution in [2.45, 2.75) is 51.5 Å². The van der Waals surface area contributed by atoms with Crippen molar-refractivity contribution in [3.63, 3.8) is 0 Å².